The van der Waals surface area contributed by atoms with Gasteiger partial charge in [0.25, 0.3) is 11.5 Å². The number of anilines is 2. The van der Waals surface area contributed by atoms with E-state index in [0.717, 1.165) is 22.4 Å². The lowest BCUT2D eigenvalue weighted by molar-refractivity contribution is 0.0773. The molecule has 0 fully saturated rings. The fraction of sp³-hybridized carbons (Fsp3) is 0.269. The standard InChI is InChI=1S/C26H28N6O2/c1-6-32(7-2)24(33)18-11-13-19(14-12-18)28-26-27-15-20-23(30-26)31(5)25(34)22(29-20)21-16(3)9-8-10-17(21)4/h8-15H,6-7H2,1-5H3,(H,27,28,30). The molecule has 1 amide bonds. The number of fused-ring (bicyclic) bond motifs is 1. The van der Waals surface area contributed by atoms with E-state index in [1.165, 1.54) is 4.57 Å². The van der Waals surface area contributed by atoms with E-state index >= 15 is 0 Å². The van der Waals surface area contributed by atoms with Gasteiger partial charge in [0.1, 0.15) is 11.2 Å². The van der Waals surface area contributed by atoms with Gasteiger partial charge >= 0.3 is 0 Å². The van der Waals surface area contributed by atoms with Crippen molar-refractivity contribution in [3.63, 3.8) is 0 Å². The van der Waals surface area contributed by atoms with Crippen LogP contribution < -0.4 is 10.9 Å². The van der Waals surface area contributed by atoms with Gasteiger partial charge in [0.05, 0.1) is 6.20 Å². The molecule has 4 aromatic rings. The van der Waals surface area contributed by atoms with Crippen molar-refractivity contribution < 1.29 is 4.79 Å². The predicted molar refractivity (Wildman–Crippen MR) is 134 cm³/mol. The minimum atomic E-state index is -0.214. The summed E-state index contributed by atoms with van der Waals surface area (Å²) in [5, 5.41) is 3.14. The molecule has 0 aliphatic heterocycles. The molecule has 8 nitrogen and oxygen atoms in total. The number of nitrogens with zero attached hydrogens (tertiary/aromatic N) is 5. The zero-order chi connectivity index (χ0) is 24.4. The topological polar surface area (TPSA) is 93.0 Å². The molecule has 0 radical (unpaired) electrons. The second-order valence-corrected chi connectivity index (χ2v) is 8.17. The van der Waals surface area contributed by atoms with Crippen molar-refractivity contribution in [1.82, 2.24) is 24.4 Å². The minimum absolute atomic E-state index is 0.000673. The summed E-state index contributed by atoms with van der Waals surface area (Å²) >= 11 is 0. The zero-order valence-corrected chi connectivity index (χ0v) is 20.1. The highest BCUT2D eigenvalue weighted by Gasteiger charge is 2.16. The maximum absolute atomic E-state index is 13.1. The zero-order valence-electron chi connectivity index (χ0n) is 20.1. The molecule has 2 heterocycles. The van der Waals surface area contributed by atoms with E-state index in [-0.39, 0.29) is 11.5 Å². The average molecular weight is 457 g/mol. The van der Waals surface area contributed by atoms with Crippen LogP contribution in [0.5, 0.6) is 0 Å². The first-order chi connectivity index (χ1) is 16.3. The second kappa shape index (κ2) is 9.43. The van der Waals surface area contributed by atoms with Crippen LogP contribution in [0.1, 0.15) is 35.3 Å². The largest absolute Gasteiger partial charge is 0.339 e. The first-order valence-electron chi connectivity index (χ1n) is 11.3. The van der Waals surface area contributed by atoms with Crippen molar-refractivity contribution in [3.8, 4) is 11.3 Å². The summed E-state index contributed by atoms with van der Waals surface area (Å²) in [6, 6.07) is 13.1. The number of amides is 1. The summed E-state index contributed by atoms with van der Waals surface area (Å²) in [7, 11) is 1.69. The summed E-state index contributed by atoms with van der Waals surface area (Å²) in [6.45, 7) is 9.19. The molecule has 0 unspecified atom stereocenters. The Kier molecular flexibility index (Phi) is 6.40. The van der Waals surface area contributed by atoms with Gasteiger partial charge in [0, 0.05) is 37.0 Å². The normalized spacial score (nSPS) is 11.0. The van der Waals surface area contributed by atoms with Crippen molar-refractivity contribution in [2.24, 2.45) is 7.05 Å². The van der Waals surface area contributed by atoms with Crippen LogP contribution in [0.2, 0.25) is 0 Å². The van der Waals surface area contributed by atoms with Gasteiger partial charge in [0.15, 0.2) is 5.65 Å². The third kappa shape index (κ3) is 4.26. The Bertz CT molecular complexity index is 1400. The van der Waals surface area contributed by atoms with E-state index in [2.05, 4.69) is 20.3 Å². The summed E-state index contributed by atoms with van der Waals surface area (Å²) < 4.78 is 1.50. The van der Waals surface area contributed by atoms with Gasteiger partial charge in [-0.1, -0.05) is 18.2 Å². The van der Waals surface area contributed by atoms with Gasteiger partial charge < -0.3 is 10.2 Å². The van der Waals surface area contributed by atoms with Crippen LogP contribution in [0.3, 0.4) is 0 Å². The molecule has 8 heteroatoms. The number of nitrogens with one attached hydrogen (secondary N) is 1. The van der Waals surface area contributed by atoms with Crippen LogP contribution in [-0.2, 0) is 7.05 Å². The van der Waals surface area contributed by atoms with Crippen molar-refractivity contribution in [2.75, 3.05) is 18.4 Å². The Morgan fingerprint density at radius 3 is 2.26 bits per heavy atom. The van der Waals surface area contributed by atoms with E-state index in [4.69, 9.17) is 0 Å². The molecular formula is C26H28N6O2. The molecule has 4 rings (SSSR count). The third-order valence-corrected chi connectivity index (χ3v) is 5.96. The lowest BCUT2D eigenvalue weighted by Gasteiger charge is -2.18. The molecule has 174 valence electrons. The van der Waals surface area contributed by atoms with Gasteiger partial charge in [-0.05, 0) is 63.1 Å². The van der Waals surface area contributed by atoms with Crippen molar-refractivity contribution in [2.45, 2.75) is 27.7 Å². The predicted octanol–water partition coefficient (Wildman–Crippen LogP) is 4.23. The molecule has 34 heavy (non-hydrogen) atoms. The first kappa shape index (κ1) is 23.1. The van der Waals surface area contributed by atoms with Crippen molar-refractivity contribution in [1.29, 1.82) is 0 Å². The smallest absolute Gasteiger partial charge is 0.278 e. The van der Waals surface area contributed by atoms with E-state index < -0.39 is 0 Å². The van der Waals surface area contributed by atoms with Gasteiger partial charge in [-0.15, -0.1) is 0 Å². The summed E-state index contributed by atoms with van der Waals surface area (Å²) in [6.07, 6.45) is 1.61. The minimum Gasteiger partial charge on any atom is -0.339 e. The average Bonchev–Trinajstić information content (AvgIpc) is 2.83. The molecule has 0 saturated carbocycles. The number of rotatable bonds is 6. The Morgan fingerprint density at radius 2 is 1.65 bits per heavy atom. The first-order valence-corrected chi connectivity index (χ1v) is 11.3. The highest BCUT2D eigenvalue weighted by atomic mass is 16.2. The summed E-state index contributed by atoms with van der Waals surface area (Å²) in [5.74, 6) is 0.339. The van der Waals surface area contributed by atoms with Gasteiger partial charge in [-0.2, -0.15) is 4.98 Å². The molecule has 0 saturated heterocycles. The van der Waals surface area contributed by atoms with E-state index in [9.17, 15) is 9.59 Å². The fourth-order valence-electron chi connectivity index (χ4n) is 4.05. The van der Waals surface area contributed by atoms with Gasteiger partial charge in [-0.25, -0.2) is 9.97 Å². The number of aromatic nitrogens is 4. The van der Waals surface area contributed by atoms with Gasteiger partial charge in [0.2, 0.25) is 5.95 Å². The van der Waals surface area contributed by atoms with Crippen molar-refractivity contribution in [3.05, 3.63) is 75.7 Å². The molecule has 0 aliphatic carbocycles. The number of carbonyl (C=O) groups is 1. The van der Waals surface area contributed by atoms with Crippen LogP contribution in [-0.4, -0.2) is 43.4 Å². The number of aryl methyl sites for hydroxylation is 3. The SMILES string of the molecule is CCN(CC)C(=O)c1ccc(Nc2ncc3nc(-c4c(C)cccc4C)c(=O)n(C)c3n2)cc1. The number of carbonyl (C=O) groups excluding carboxylic acids is 1. The third-order valence-electron chi connectivity index (χ3n) is 5.96. The van der Waals surface area contributed by atoms with Crippen molar-refractivity contribution >= 4 is 28.7 Å². The Balaban J connectivity index is 1.65. The molecule has 0 bridgehead atoms. The maximum atomic E-state index is 13.1. The molecule has 0 atom stereocenters. The Labute approximate surface area is 198 Å². The van der Waals surface area contributed by atoms with Crippen LogP contribution in [0.25, 0.3) is 22.4 Å². The van der Waals surface area contributed by atoms with Crippen LogP contribution in [0, 0.1) is 13.8 Å². The lowest BCUT2D eigenvalue weighted by Crippen LogP contribution is -2.30. The summed E-state index contributed by atoms with van der Waals surface area (Å²) in [5.41, 5.74) is 5.33. The molecule has 1 N–H and O–H groups in total. The fourth-order valence-corrected chi connectivity index (χ4v) is 4.05. The van der Waals surface area contributed by atoms with Crippen LogP contribution >= 0.6 is 0 Å². The second-order valence-electron chi connectivity index (χ2n) is 8.17. The lowest BCUT2D eigenvalue weighted by atomic mass is 10.0. The Morgan fingerprint density at radius 1 is 1.00 bits per heavy atom. The molecule has 0 spiro atoms. The molecule has 0 aliphatic rings. The van der Waals surface area contributed by atoms with E-state index in [1.54, 1.807) is 30.3 Å². The van der Waals surface area contributed by atoms with Crippen LogP contribution in [0.15, 0.2) is 53.5 Å². The summed E-state index contributed by atoms with van der Waals surface area (Å²) in [4.78, 5) is 41.0. The number of hydrogen-bond donors (Lipinski definition) is 1. The molecule has 2 aromatic carbocycles. The van der Waals surface area contributed by atoms with Gasteiger partial charge in [-0.3, -0.25) is 14.2 Å². The van der Waals surface area contributed by atoms with Crippen LogP contribution in [0.4, 0.5) is 11.6 Å². The monoisotopic (exact) mass is 456 g/mol. The Hall–Kier alpha value is -4.07. The number of hydrogen-bond acceptors (Lipinski definition) is 6. The molecular weight excluding hydrogens is 428 g/mol. The van der Waals surface area contributed by atoms with E-state index in [1.807, 2.05) is 58.0 Å². The van der Waals surface area contributed by atoms with E-state index in [0.29, 0.717) is 41.5 Å². The molecule has 2 aromatic heterocycles. The quantitative estimate of drug-likeness (QED) is 0.467. The maximum Gasteiger partial charge on any atom is 0.278 e. The highest BCUT2D eigenvalue weighted by molar-refractivity contribution is 5.94. The highest BCUT2D eigenvalue weighted by Crippen LogP contribution is 2.24. The number of benzene rings is 2.